The van der Waals surface area contributed by atoms with Crippen LogP contribution in [-0.2, 0) is 13.5 Å². The second kappa shape index (κ2) is 5.91. The molecule has 15 heavy (non-hydrogen) atoms. The Morgan fingerprint density at radius 2 is 2.07 bits per heavy atom. The van der Waals surface area contributed by atoms with Gasteiger partial charge >= 0.3 is 0 Å². The summed E-state index contributed by atoms with van der Waals surface area (Å²) in [6.45, 7) is 8.95. The summed E-state index contributed by atoms with van der Waals surface area (Å²) in [5.74, 6) is 1.41. The number of aryl methyl sites for hydroxylation is 1. The zero-order chi connectivity index (χ0) is 11.3. The number of hydrogen-bond acceptors (Lipinski definition) is 2. The predicted octanol–water partition coefficient (Wildman–Crippen LogP) is 1.84. The normalized spacial score (nSPS) is 13.4. The molecule has 0 aliphatic rings. The summed E-state index contributed by atoms with van der Waals surface area (Å²) in [7, 11) is 1.96. The van der Waals surface area contributed by atoms with Gasteiger partial charge in [0.15, 0.2) is 0 Å². The lowest BCUT2D eigenvalue weighted by Crippen LogP contribution is -2.26. The average Bonchev–Trinajstić information content (AvgIpc) is 2.50. The number of aromatic nitrogens is 2. The number of hydrogen-bond donors (Lipinski definition) is 1. The summed E-state index contributed by atoms with van der Waals surface area (Å²) in [6.07, 6.45) is 5.16. The van der Waals surface area contributed by atoms with Gasteiger partial charge in [0.05, 0.1) is 6.20 Å². The number of nitrogens with zero attached hydrogens (tertiary/aromatic N) is 2. The lowest BCUT2D eigenvalue weighted by atomic mass is 10.0. The van der Waals surface area contributed by atoms with Crippen molar-refractivity contribution in [3.63, 3.8) is 0 Å². The fourth-order valence-electron chi connectivity index (χ4n) is 1.67. The highest BCUT2D eigenvalue weighted by molar-refractivity contribution is 5.04. The van der Waals surface area contributed by atoms with Gasteiger partial charge in [-0.15, -0.1) is 0 Å². The van der Waals surface area contributed by atoms with Gasteiger partial charge in [-0.3, -0.25) is 4.68 Å². The van der Waals surface area contributed by atoms with E-state index in [0.29, 0.717) is 5.92 Å². The molecule has 1 aromatic heterocycles. The second-order valence-corrected chi connectivity index (χ2v) is 4.88. The SMILES string of the molecule is CC(C)CNCC(C)Cc1cnn(C)c1. The summed E-state index contributed by atoms with van der Waals surface area (Å²) in [5.41, 5.74) is 1.33. The molecule has 0 amide bonds. The predicted molar refractivity (Wildman–Crippen MR) is 63.8 cm³/mol. The summed E-state index contributed by atoms with van der Waals surface area (Å²) in [4.78, 5) is 0. The Kier molecular flexibility index (Phi) is 4.82. The Balaban J connectivity index is 2.21. The van der Waals surface area contributed by atoms with Crippen molar-refractivity contribution in [3.05, 3.63) is 18.0 Å². The van der Waals surface area contributed by atoms with E-state index in [9.17, 15) is 0 Å². The van der Waals surface area contributed by atoms with Crippen LogP contribution in [0.2, 0.25) is 0 Å². The molecule has 3 heteroatoms. The Morgan fingerprint density at radius 1 is 1.33 bits per heavy atom. The zero-order valence-corrected chi connectivity index (χ0v) is 10.3. The molecule has 0 spiro atoms. The molecule has 1 atom stereocenters. The first kappa shape index (κ1) is 12.2. The van der Waals surface area contributed by atoms with Crippen LogP contribution in [0.15, 0.2) is 12.4 Å². The van der Waals surface area contributed by atoms with E-state index in [1.54, 1.807) is 0 Å². The first-order valence-corrected chi connectivity index (χ1v) is 5.76. The third-order valence-electron chi connectivity index (χ3n) is 2.39. The summed E-state index contributed by atoms with van der Waals surface area (Å²) in [5, 5.41) is 7.66. The van der Waals surface area contributed by atoms with Crippen molar-refractivity contribution in [3.8, 4) is 0 Å². The van der Waals surface area contributed by atoms with Crippen LogP contribution in [0.25, 0.3) is 0 Å². The summed E-state index contributed by atoms with van der Waals surface area (Å²) >= 11 is 0. The van der Waals surface area contributed by atoms with Crippen molar-refractivity contribution >= 4 is 0 Å². The van der Waals surface area contributed by atoms with E-state index < -0.39 is 0 Å². The van der Waals surface area contributed by atoms with Crippen molar-refractivity contribution in [2.24, 2.45) is 18.9 Å². The smallest absolute Gasteiger partial charge is 0.0521 e. The van der Waals surface area contributed by atoms with Crippen LogP contribution in [0.4, 0.5) is 0 Å². The molecule has 0 aromatic carbocycles. The van der Waals surface area contributed by atoms with E-state index in [4.69, 9.17) is 0 Å². The quantitative estimate of drug-likeness (QED) is 0.775. The summed E-state index contributed by atoms with van der Waals surface area (Å²) in [6, 6.07) is 0. The molecule has 0 bridgehead atoms. The number of nitrogens with one attached hydrogen (secondary N) is 1. The molecular formula is C12H23N3. The zero-order valence-electron chi connectivity index (χ0n) is 10.3. The third kappa shape index (κ3) is 4.98. The van der Waals surface area contributed by atoms with Crippen molar-refractivity contribution in [1.29, 1.82) is 0 Å². The standard InChI is InChI=1S/C12H23N3/c1-10(2)6-13-7-11(3)5-12-8-14-15(4)9-12/h8-11,13H,5-7H2,1-4H3. The van der Waals surface area contributed by atoms with Crippen molar-refractivity contribution in [1.82, 2.24) is 15.1 Å². The minimum absolute atomic E-state index is 0.674. The maximum Gasteiger partial charge on any atom is 0.0521 e. The molecule has 1 heterocycles. The van der Waals surface area contributed by atoms with Crippen LogP contribution in [-0.4, -0.2) is 22.9 Å². The van der Waals surface area contributed by atoms with Crippen LogP contribution in [0.5, 0.6) is 0 Å². The van der Waals surface area contributed by atoms with Gasteiger partial charge in [0.1, 0.15) is 0 Å². The Morgan fingerprint density at radius 3 is 2.60 bits per heavy atom. The van der Waals surface area contributed by atoms with E-state index in [1.165, 1.54) is 5.56 Å². The largest absolute Gasteiger partial charge is 0.316 e. The monoisotopic (exact) mass is 209 g/mol. The summed E-state index contributed by atoms with van der Waals surface area (Å²) < 4.78 is 1.86. The van der Waals surface area contributed by atoms with Crippen molar-refractivity contribution in [2.45, 2.75) is 27.2 Å². The molecule has 1 unspecified atom stereocenters. The van der Waals surface area contributed by atoms with Crippen LogP contribution < -0.4 is 5.32 Å². The lowest BCUT2D eigenvalue weighted by molar-refractivity contribution is 0.473. The molecule has 1 aromatic rings. The van der Waals surface area contributed by atoms with Crippen molar-refractivity contribution in [2.75, 3.05) is 13.1 Å². The van der Waals surface area contributed by atoms with E-state index in [0.717, 1.165) is 25.4 Å². The van der Waals surface area contributed by atoms with Gasteiger partial charge in [0.25, 0.3) is 0 Å². The number of rotatable bonds is 6. The van der Waals surface area contributed by atoms with E-state index in [-0.39, 0.29) is 0 Å². The first-order chi connectivity index (χ1) is 7.08. The van der Waals surface area contributed by atoms with E-state index in [2.05, 4.69) is 37.4 Å². The van der Waals surface area contributed by atoms with Gasteiger partial charge in [0, 0.05) is 13.2 Å². The molecule has 0 radical (unpaired) electrons. The van der Waals surface area contributed by atoms with Gasteiger partial charge in [-0.25, -0.2) is 0 Å². The van der Waals surface area contributed by atoms with Gasteiger partial charge in [-0.1, -0.05) is 20.8 Å². The molecule has 0 saturated heterocycles. The molecular weight excluding hydrogens is 186 g/mol. The minimum atomic E-state index is 0.674. The molecule has 3 nitrogen and oxygen atoms in total. The van der Waals surface area contributed by atoms with Gasteiger partial charge < -0.3 is 5.32 Å². The average molecular weight is 209 g/mol. The second-order valence-electron chi connectivity index (χ2n) is 4.88. The van der Waals surface area contributed by atoms with Gasteiger partial charge in [-0.2, -0.15) is 5.10 Å². The van der Waals surface area contributed by atoms with E-state index >= 15 is 0 Å². The highest BCUT2D eigenvalue weighted by atomic mass is 15.2. The fourth-order valence-corrected chi connectivity index (χ4v) is 1.67. The molecule has 0 aliphatic carbocycles. The molecule has 1 N–H and O–H groups in total. The molecule has 86 valence electrons. The Labute approximate surface area is 92.9 Å². The first-order valence-electron chi connectivity index (χ1n) is 5.76. The van der Waals surface area contributed by atoms with Crippen LogP contribution >= 0.6 is 0 Å². The molecule has 1 rings (SSSR count). The molecule has 0 saturated carbocycles. The topological polar surface area (TPSA) is 29.9 Å². The van der Waals surface area contributed by atoms with Crippen LogP contribution in [0.3, 0.4) is 0 Å². The van der Waals surface area contributed by atoms with Crippen LogP contribution in [0.1, 0.15) is 26.3 Å². The van der Waals surface area contributed by atoms with Gasteiger partial charge in [0.2, 0.25) is 0 Å². The Bertz CT molecular complexity index is 278. The fraction of sp³-hybridized carbons (Fsp3) is 0.750. The van der Waals surface area contributed by atoms with Gasteiger partial charge in [-0.05, 0) is 36.9 Å². The lowest BCUT2D eigenvalue weighted by Gasteiger charge is -2.12. The molecule has 0 aliphatic heterocycles. The highest BCUT2D eigenvalue weighted by Gasteiger charge is 2.05. The van der Waals surface area contributed by atoms with E-state index in [1.807, 2.05) is 17.9 Å². The third-order valence-corrected chi connectivity index (χ3v) is 2.39. The maximum absolute atomic E-state index is 4.17. The minimum Gasteiger partial charge on any atom is -0.316 e. The van der Waals surface area contributed by atoms with Crippen LogP contribution in [0, 0.1) is 11.8 Å². The maximum atomic E-state index is 4.17. The Hall–Kier alpha value is -0.830. The van der Waals surface area contributed by atoms with Crippen molar-refractivity contribution < 1.29 is 0 Å². The molecule has 0 fully saturated rings. The highest BCUT2D eigenvalue weighted by Crippen LogP contribution is 2.06.